The summed E-state index contributed by atoms with van der Waals surface area (Å²) in [5.74, 6) is -0.922. The van der Waals surface area contributed by atoms with Crippen LogP contribution >= 0.6 is 0 Å². The summed E-state index contributed by atoms with van der Waals surface area (Å²) in [6.07, 6.45) is 0. The minimum Gasteiger partial charge on any atom is -0.463 e. The summed E-state index contributed by atoms with van der Waals surface area (Å²) in [6, 6.07) is 8.67. The number of methoxy groups -OCH3 is 1. The molecule has 0 radical (unpaired) electrons. The second kappa shape index (κ2) is 7.31. The Balaban J connectivity index is 2.15. The molecule has 0 unspecified atom stereocenters. The second-order valence-corrected chi connectivity index (χ2v) is 5.92. The third-order valence-corrected chi connectivity index (χ3v) is 4.15. The lowest BCUT2D eigenvalue weighted by molar-refractivity contribution is -0.393. The molecule has 1 heterocycles. The Morgan fingerprint density at radius 3 is 2.61 bits per heavy atom. The predicted octanol–water partition coefficient (Wildman–Crippen LogP) is 2.54. The minimum absolute atomic E-state index is 0.0431. The van der Waals surface area contributed by atoms with E-state index >= 15 is 0 Å². The third-order valence-electron chi connectivity index (χ3n) is 4.15. The van der Waals surface area contributed by atoms with E-state index in [0.29, 0.717) is 11.3 Å². The highest BCUT2D eigenvalue weighted by Crippen LogP contribution is 2.35. The number of carbonyl (C=O) groups excluding carboxylic acids is 1. The van der Waals surface area contributed by atoms with Gasteiger partial charge in [-0.2, -0.15) is 0 Å². The van der Waals surface area contributed by atoms with E-state index in [-0.39, 0.29) is 18.1 Å². The maximum atomic E-state index is 12.1. The van der Waals surface area contributed by atoms with Gasteiger partial charge in [0.05, 0.1) is 35.3 Å². The minimum atomic E-state index is -0.759. The predicted molar refractivity (Wildman–Crippen MR) is 99.4 cm³/mol. The Morgan fingerprint density at radius 2 is 1.96 bits per heavy atom. The molecule has 0 atom stereocenters. The van der Waals surface area contributed by atoms with Gasteiger partial charge in [0, 0.05) is 6.07 Å². The lowest BCUT2D eigenvalue weighted by Gasteiger charge is -2.24. The fourth-order valence-electron chi connectivity index (χ4n) is 2.82. The highest BCUT2D eigenvalue weighted by atomic mass is 16.6. The number of hydrogen-bond acceptors (Lipinski definition) is 9. The maximum Gasteiger partial charge on any atom is 0.375 e. The molecular weight excluding hydrogens is 370 g/mol. The van der Waals surface area contributed by atoms with E-state index in [1.807, 2.05) is 13.0 Å². The van der Waals surface area contributed by atoms with E-state index in [4.69, 9.17) is 4.74 Å². The zero-order valence-corrected chi connectivity index (χ0v) is 14.9. The third kappa shape index (κ3) is 3.45. The lowest BCUT2D eigenvalue weighted by atomic mass is 10.1. The molecule has 1 aliphatic heterocycles. The van der Waals surface area contributed by atoms with Gasteiger partial charge >= 0.3 is 11.7 Å². The number of nitrogens with zero attached hydrogens (tertiary/aromatic N) is 4. The van der Waals surface area contributed by atoms with Gasteiger partial charge in [-0.05, 0) is 24.1 Å². The van der Waals surface area contributed by atoms with Gasteiger partial charge in [0.25, 0.3) is 5.69 Å². The normalized spacial score (nSPS) is 12.9. The number of nitro benzene ring substituents is 2. The number of carbonyl (C=O) groups is 1. The molecule has 1 aliphatic rings. The Morgan fingerprint density at radius 1 is 1.21 bits per heavy atom. The highest BCUT2D eigenvalue weighted by Gasteiger charge is 2.28. The van der Waals surface area contributed by atoms with E-state index < -0.39 is 27.2 Å². The number of aryl methyl sites for hydroxylation is 1. The van der Waals surface area contributed by atoms with E-state index in [0.717, 1.165) is 17.7 Å². The fourth-order valence-corrected chi connectivity index (χ4v) is 2.82. The first kappa shape index (κ1) is 18.8. The summed E-state index contributed by atoms with van der Waals surface area (Å²) in [7, 11) is 1.19. The van der Waals surface area contributed by atoms with Crippen molar-refractivity contribution in [3.63, 3.8) is 0 Å². The van der Waals surface area contributed by atoms with Crippen molar-refractivity contribution < 1.29 is 19.4 Å². The Hall–Kier alpha value is -4.02. The SMILES string of the molecule is COC(=O)C1=Nc2c(C)cccc2CN(c2ccc([N+](=O)[O-])cc2[N+](=O)[O-])N1. The number of esters is 1. The standard InChI is InChI=1S/C17H15N5O6/c1-10-4-3-5-11-9-20(19-16(17(23)28-2)18-15(10)11)13-7-6-12(21(24)25)8-14(13)22(26)27/h3-8H,9H2,1-2H3,(H,18,19). The van der Waals surface area contributed by atoms with Gasteiger partial charge in [0.1, 0.15) is 5.69 Å². The van der Waals surface area contributed by atoms with Crippen LogP contribution in [0.15, 0.2) is 41.4 Å². The topological polar surface area (TPSA) is 140 Å². The van der Waals surface area contributed by atoms with Gasteiger partial charge in [-0.15, -0.1) is 0 Å². The molecule has 2 aromatic rings. The Kier molecular flexibility index (Phi) is 4.90. The monoisotopic (exact) mass is 385 g/mol. The van der Waals surface area contributed by atoms with Crippen LogP contribution in [-0.2, 0) is 16.1 Å². The number of ether oxygens (including phenoxy) is 1. The molecular formula is C17H15N5O6. The van der Waals surface area contributed by atoms with E-state index in [2.05, 4.69) is 10.4 Å². The van der Waals surface area contributed by atoms with Crippen molar-refractivity contribution >= 4 is 34.6 Å². The Bertz CT molecular complexity index is 1020. The number of fused-ring (bicyclic) bond motifs is 1. The van der Waals surface area contributed by atoms with Gasteiger partial charge in [0.2, 0.25) is 5.84 Å². The van der Waals surface area contributed by atoms with E-state index in [1.165, 1.54) is 18.2 Å². The molecule has 0 saturated carbocycles. The summed E-state index contributed by atoms with van der Waals surface area (Å²) in [4.78, 5) is 37.5. The Labute approximate surface area is 158 Å². The van der Waals surface area contributed by atoms with E-state index in [9.17, 15) is 25.0 Å². The number of rotatable bonds is 4. The molecule has 2 aromatic carbocycles. The number of non-ortho nitro benzene ring substituents is 1. The number of para-hydroxylation sites is 1. The molecule has 0 bridgehead atoms. The number of nitrogens with one attached hydrogen (secondary N) is 1. The molecule has 0 amide bonds. The second-order valence-electron chi connectivity index (χ2n) is 5.92. The lowest BCUT2D eigenvalue weighted by Crippen LogP contribution is -2.44. The van der Waals surface area contributed by atoms with Crippen LogP contribution in [0.1, 0.15) is 11.1 Å². The number of hydrazine groups is 1. The van der Waals surface area contributed by atoms with Crippen molar-refractivity contribution in [1.29, 1.82) is 0 Å². The molecule has 11 nitrogen and oxygen atoms in total. The average molecular weight is 385 g/mol. The van der Waals surface area contributed by atoms with Crippen molar-refractivity contribution in [2.75, 3.05) is 12.1 Å². The molecule has 3 rings (SSSR count). The molecule has 144 valence electrons. The summed E-state index contributed by atoms with van der Waals surface area (Å²) >= 11 is 0. The quantitative estimate of drug-likeness (QED) is 0.481. The zero-order chi connectivity index (χ0) is 20.4. The molecule has 1 N–H and O–H groups in total. The van der Waals surface area contributed by atoms with Crippen molar-refractivity contribution in [2.24, 2.45) is 4.99 Å². The van der Waals surface area contributed by atoms with Crippen LogP contribution in [0.3, 0.4) is 0 Å². The van der Waals surface area contributed by atoms with Crippen LogP contribution < -0.4 is 10.4 Å². The van der Waals surface area contributed by atoms with E-state index in [1.54, 1.807) is 12.1 Å². The van der Waals surface area contributed by atoms with Crippen LogP contribution in [0.2, 0.25) is 0 Å². The molecule has 0 aliphatic carbocycles. The molecule has 0 aromatic heterocycles. The molecule has 11 heteroatoms. The first-order valence-electron chi connectivity index (χ1n) is 8.04. The van der Waals surface area contributed by atoms with Crippen molar-refractivity contribution in [3.05, 3.63) is 67.8 Å². The number of anilines is 1. The largest absolute Gasteiger partial charge is 0.463 e. The van der Waals surface area contributed by atoms with Crippen molar-refractivity contribution in [2.45, 2.75) is 13.5 Å². The van der Waals surface area contributed by atoms with Crippen LogP contribution in [-0.4, -0.2) is 28.8 Å². The number of nitro groups is 2. The van der Waals surface area contributed by atoms with Crippen LogP contribution in [0.25, 0.3) is 0 Å². The molecule has 28 heavy (non-hydrogen) atoms. The van der Waals surface area contributed by atoms with Gasteiger partial charge in [-0.25, -0.2) is 9.79 Å². The van der Waals surface area contributed by atoms with Gasteiger partial charge in [-0.3, -0.25) is 30.7 Å². The molecule has 0 spiro atoms. The maximum absolute atomic E-state index is 12.1. The number of benzene rings is 2. The number of amidine groups is 1. The van der Waals surface area contributed by atoms with Crippen LogP contribution in [0.5, 0.6) is 0 Å². The summed E-state index contributed by atoms with van der Waals surface area (Å²) < 4.78 is 4.73. The summed E-state index contributed by atoms with van der Waals surface area (Å²) in [6.45, 7) is 1.95. The summed E-state index contributed by atoms with van der Waals surface area (Å²) in [5, 5.41) is 23.8. The van der Waals surface area contributed by atoms with Crippen LogP contribution in [0, 0.1) is 27.2 Å². The average Bonchev–Trinajstić information content (AvgIpc) is 2.87. The van der Waals surface area contributed by atoms with Crippen molar-refractivity contribution in [1.82, 2.24) is 5.43 Å². The fraction of sp³-hybridized carbons (Fsp3) is 0.176. The van der Waals surface area contributed by atoms with Crippen molar-refractivity contribution in [3.8, 4) is 0 Å². The highest BCUT2D eigenvalue weighted by molar-refractivity contribution is 6.36. The number of hydrogen-bond donors (Lipinski definition) is 1. The zero-order valence-electron chi connectivity index (χ0n) is 14.9. The van der Waals surface area contributed by atoms with Gasteiger partial charge < -0.3 is 4.74 Å². The first-order chi connectivity index (χ1) is 13.3. The molecule has 0 saturated heterocycles. The first-order valence-corrected chi connectivity index (χ1v) is 8.04. The number of aliphatic imine (C=N–C) groups is 1. The molecule has 0 fully saturated rings. The smallest absolute Gasteiger partial charge is 0.375 e. The van der Waals surface area contributed by atoms with Gasteiger partial charge in [-0.1, -0.05) is 18.2 Å². The van der Waals surface area contributed by atoms with Gasteiger partial charge in [0.15, 0.2) is 0 Å². The van der Waals surface area contributed by atoms with Crippen LogP contribution in [0.4, 0.5) is 22.7 Å². The summed E-state index contributed by atoms with van der Waals surface area (Å²) in [5.41, 5.74) is 3.94.